The van der Waals surface area contributed by atoms with Gasteiger partial charge in [-0.3, -0.25) is 14.4 Å². The van der Waals surface area contributed by atoms with Crippen molar-refractivity contribution in [2.75, 3.05) is 32.8 Å². The Morgan fingerprint density at radius 1 is 1.25 bits per heavy atom. The van der Waals surface area contributed by atoms with Crippen molar-refractivity contribution >= 4 is 29.5 Å². The number of aliphatic hydroxyl groups excluding tert-OH is 1. The second-order valence-corrected chi connectivity index (χ2v) is 9.18. The Morgan fingerprint density at radius 2 is 2.07 bits per heavy atom. The molecule has 2 amide bonds. The van der Waals surface area contributed by atoms with Gasteiger partial charge in [0.05, 0.1) is 23.2 Å². The van der Waals surface area contributed by atoms with Crippen molar-refractivity contribution in [3.05, 3.63) is 24.3 Å². The van der Waals surface area contributed by atoms with E-state index in [4.69, 9.17) is 4.74 Å². The number of likely N-dealkylation sites (tertiary alicyclic amines) is 1. The molecule has 4 heterocycles. The number of β-amino-alcohol motifs (C(OH)–C–C–N with tert-alkyl or cyclic N) is 1. The van der Waals surface area contributed by atoms with Crippen LogP contribution in [0.2, 0.25) is 0 Å². The fraction of sp³-hybridized carbons (Fsp3) is 0.650. The van der Waals surface area contributed by atoms with Crippen molar-refractivity contribution in [3.63, 3.8) is 0 Å². The molecule has 4 aliphatic rings. The highest BCUT2D eigenvalue weighted by atomic mass is 32.2. The first kappa shape index (κ1) is 19.5. The van der Waals surface area contributed by atoms with Gasteiger partial charge in [0.2, 0.25) is 11.8 Å². The third-order valence-corrected chi connectivity index (χ3v) is 7.86. The van der Waals surface area contributed by atoms with E-state index in [1.807, 2.05) is 24.3 Å². The van der Waals surface area contributed by atoms with Gasteiger partial charge in [-0.25, -0.2) is 0 Å². The number of thioether (sulfide) groups is 1. The number of amides is 2. The molecule has 28 heavy (non-hydrogen) atoms. The summed E-state index contributed by atoms with van der Waals surface area (Å²) in [6.07, 6.45) is 9.55. The molecule has 1 unspecified atom stereocenters. The zero-order valence-corrected chi connectivity index (χ0v) is 16.8. The molecule has 4 rings (SSSR count). The van der Waals surface area contributed by atoms with Crippen LogP contribution in [0, 0.1) is 11.8 Å². The maximum absolute atomic E-state index is 13.5. The highest BCUT2D eigenvalue weighted by molar-refractivity contribution is 8.02. The molecule has 5 atom stereocenters. The van der Waals surface area contributed by atoms with Crippen LogP contribution in [0.25, 0.3) is 0 Å². The Morgan fingerprint density at radius 3 is 2.82 bits per heavy atom. The van der Waals surface area contributed by atoms with E-state index in [2.05, 4.69) is 6.92 Å². The molecule has 0 aromatic heterocycles. The van der Waals surface area contributed by atoms with Crippen LogP contribution < -0.4 is 0 Å². The lowest BCUT2D eigenvalue weighted by atomic mass is 9.78. The van der Waals surface area contributed by atoms with E-state index in [-0.39, 0.29) is 42.8 Å². The zero-order valence-electron chi connectivity index (χ0n) is 16.0. The van der Waals surface area contributed by atoms with Gasteiger partial charge in [-0.1, -0.05) is 37.6 Å². The molecule has 0 aromatic carbocycles. The van der Waals surface area contributed by atoms with Gasteiger partial charge in [-0.15, -0.1) is 11.8 Å². The molecule has 152 valence electrons. The monoisotopic (exact) mass is 406 g/mol. The lowest BCUT2D eigenvalue weighted by molar-refractivity contribution is -0.151. The summed E-state index contributed by atoms with van der Waals surface area (Å²) in [5, 5.41) is 9.35. The Hall–Kier alpha value is -1.80. The second kappa shape index (κ2) is 7.55. The molecule has 0 aromatic rings. The largest absolute Gasteiger partial charge is 0.461 e. The van der Waals surface area contributed by atoms with Crippen molar-refractivity contribution in [2.24, 2.45) is 11.8 Å². The normalized spacial score (nSPS) is 36.7. The molecule has 1 N–H and O–H groups in total. The molecular formula is C20H26N2O5S. The molecule has 0 radical (unpaired) electrons. The average molecular weight is 407 g/mol. The first-order chi connectivity index (χ1) is 13.5. The molecule has 1 spiro atoms. The van der Waals surface area contributed by atoms with Crippen LogP contribution in [0.5, 0.6) is 0 Å². The summed E-state index contributed by atoms with van der Waals surface area (Å²) in [5.41, 5.74) is 0. The molecule has 7 nitrogen and oxygen atoms in total. The van der Waals surface area contributed by atoms with Crippen molar-refractivity contribution < 1.29 is 24.2 Å². The summed E-state index contributed by atoms with van der Waals surface area (Å²) in [4.78, 5) is 42.9. The number of esters is 1. The maximum atomic E-state index is 13.5. The van der Waals surface area contributed by atoms with Crippen LogP contribution in [-0.2, 0) is 19.1 Å². The van der Waals surface area contributed by atoms with E-state index in [0.717, 1.165) is 12.8 Å². The molecule has 2 saturated heterocycles. The predicted molar refractivity (Wildman–Crippen MR) is 104 cm³/mol. The van der Waals surface area contributed by atoms with Gasteiger partial charge in [0, 0.05) is 24.9 Å². The highest BCUT2D eigenvalue weighted by Gasteiger charge is 2.70. The minimum Gasteiger partial charge on any atom is -0.461 e. The van der Waals surface area contributed by atoms with Crippen LogP contribution in [0.15, 0.2) is 24.3 Å². The number of hydrogen-bond acceptors (Lipinski definition) is 6. The smallest absolute Gasteiger partial charge is 0.311 e. The number of rotatable bonds is 5. The summed E-state index contributed by atoms with van der Waals surface area (Å²) < 4.78 is 4.49. The summed E-state index contributed by atoms with van der Waals surface area (Å²) in [7, 11) is 0. The molecule has 0 bridgehead atoms. The number of unbranched alkanes of at least 4 members (excludes halogenated alkanes) is 1. The van der Waals surface area contributed by atoms with E-state index < -0.39 is 22.6 Å². The van der Waals surface area contributed by atoms with Crippen LogP contribution in [0.3, 0.4) is 0 Å². The molecule has 0 saturated carbocycles. The van der Waals surface area contributed by atoms with E-state index in [0.29, 0.717) is 13.1 Å². The minimum atomic E-state index is -0.805. The number of carbonyl (C=O) groups excluding carboxylic acids is 3. The molecule has 4 aliphatic heterocycles. The third kappa shape index (κ3) is 2.80. The Bertz CT molecular complexity index is 738. The number of nitrogens with zero attached hydrogens (tertiary/aromatic N) is 2. The lowest BCUT2D eigenvalue weighted by Gasteiger charge is -2.35. The zero-order chi connectivity index (χ0) is 19.9. The maximum Gasteiger partial charge on any atom is 0.311 e. The van der Waals surface area contributed by atoms with Gasteiger partial charge in [0.25, 0.3) is 0 Å². The van der Waals surface area contributed by atoms with E-state index in [1.165, 1.54) is 16.7 Å². The second-order valence-electron chi connectivity index (χ2n) is 7.70. The molecule has 8 heteroatoms. The van der Waals surface area contributed by atoms with Crippen LogP contribution in [-0.4, -0.2) is 81.6 Å². The topological polar surface area (TPSA) is 87.2 Å². The van der Waals surface area contributed by atoms with Gasteiger partial charge in [-0.05, 0) is 6.42 Å². The summed E-state index contributed by atoms with van der Waals surface area (Å²) >= 11 is 1.52. The quantitative estimate of drug-likeness (QED) is 0.531. The molecule has 2 fully saturated rings. The van der Waals surface area contributed by atoms with Crippen molar-refractivity contribution in [1.82, 2.24) is 9.80 Å². The Labute approximate surface area is 168 Å². The number of ether oxygens (including phenoxy) is 1. The fourth-order valence-electron chi connectivity index (χ4n) is 4.91. The standard InChI is InChI=1S/C20H26N2O5S/c1-2-3-8-21-9-5-7-20-15(14-13(28-20)6-4-12-27-19(14)26)17(24)22(10-11-23)16(20)18(21)25/h4-7,13-16,23H,2-3,8-12H2,1H3/t13-,14+,15+,16?,20+/m1/s1. The number of hydrogen-bond donors (Lipinski definition) is 1. The van der Waals surface area contributed by atoms with E-state index in [9.17, 15) is 19.5 Å². The Balaban J connectivity index is 1.78. The van der Waals surface area contributed by atoms with Crippen LogP contribution >= 0.6 is 11.8 Å². The van der Waals surface area contributed by atoms with Gasteiger partial charge in [0.1, 0.15) is 12.6 Å². The molecular weight excluding hydrogens is 380 g/mol. The molecule has 0 aliphatic carbocycles. The van der Waals surface area contributed by atoms with Gasteiger partial charge in [0.15, 0.2) is 0 Å². The number of carbonyl (C=O) groups is 3. The lowest BCUT2D eigenvalue weighted by Crippen LogP contribution is -2.53. The van der Waals surface area contributed by atoms with Crippen molar-refractivity contribution in [3.8, 4) is 0 Å². The van der Waals surface area contributed by atoms with Crippen LogP contribution in [0.1, 0.15) is 19.8 Å². The minimum absolute atomic E-state index is 0.0891. The van der Waals surface area contributed by atoms with Gasteiger partial charge < -0.3 is 19.6 Å². The first-order valence-electron chi connectivity index (χ1n) is 9.94. The first-order valence-corrected chi connectivity index (χ1v) is 10.8. The Kier molecular flexibility index (Phi) is 5.26. The van der Waals surface area contributed by atoms with Crippen molar-refractivity contribution in [1.29, 1.82) is 0 Å². The van der Waals surface area contributed by atoms with Gasteiger partial charge in [-0.2, -0.15) is 0 Å². The van der Waals surface area contributed by atoms with Gasteiger partial charge >= 0.3 is 5.97 Å². The number of fused-ring (bicyclic) bond motifs is 2. The SMILES string of the molecule is CCCCN1CC=C[C@]23S[C@@H]4C=CCOC(=O)[C@@H]4[C@H]2C(=O)N(CCO)C3C1=O. The predicted octanol–water partition coefficient (Wildman–Crippen LogP) is 0.588. The van der Waals surface area contributed by atoms with E-state index >= 15 is 0 Å². The van der Waals surface area contributed by atoms with E-state index in [1.54, 1.807) is 4.90 Å². The number of cyclic esters (lactones) is 1. The third-order valence-electron chi connectivity index (χ3n) is 6.12. The fourth-order valence-corrected chi connectivity index (χ4v) is 6.92. The van der Waals surface area contributed by atoms with Crippen LogP contribution in [0.4, 0.5) is 0 Å². The average Bonchev–Trinajstić information content (AvgIpc) is 2.97. The summed E-state index contributed by atoms with van der Waals surface area (Å²) in [6.45, 7) is 3.29. The summed E-state index contributed by atoms with van der Waals surface area (Å²) in [6, 6.07) is -0.703. The highest BCUT2D eigenvalue weighted by Crippen LogP contribution is 2.60. The number of aliphatic hydroxyl groups is 1. The summed E-state index contributed by atoms with van der Waals surface area (Å²) in [5.74, 6) is -1.97. The van der Waals surface area contributed by atoms with Crippen molar-refractivity contribution in [2.45, 2.75) is 35.8 Å².